The highest BCUT2D eigenvalue weighted by Crippen LogP contribution is 2.28. The minimum atomic E-state index is -1.23. The number of anilines is 1. The molecule has 0 radical (unpaired) electrons. The van der Waals surface area contributed by atoms with Gasteiger partial charge in [-0.2, -0.15) is 4.68 Å². The predicted octanol–water partition coefficient (Wildman–Crippen LogP) is 1.77. The third kappa shape index (κ3) is 4.00. The van der Waals surface area contributed by atoms with Gasteiger partial charge >= 0.3 is 23.2 Å². The second kappa shape index (κ2) is 7.14. The maximum Gasteiger partial charge on any atom is 0.412 e. The van der Waals surface area contributed by atoms with E-state index in [1.807, 2.05) is 0 Å². The molecule has 0 saturated heterocycles. The summed E-state index contributed by atoms with van der Waals surface area (Å²) in [6.07, 6.45) is -0.705. The molecule has 2 aromatic heterocycles. The van der Waals surface area contributed by atoms with E-state index < -0.39 is 23.2 Å². The van der Waals surface area contributed by atoms with Crippen molar-refractivity contribution >= 4 is 44.3 Å². The van der Waals surface area contributed by atoms with Crippen LogP contribution >= 0.6 is 27.3 Å². The Labute approximate surface area is 157 Å². The van der Waals surface area contributed by atoms with E-state index in [0.717, 1.165) is 15.8 Å². The predicted molar refractivity (Wildman–Crippen MR) is 96.6 cm³/mol. The number of carboxylic acid groups (broad SMARTS) is 1. The number of hydrogen-bond donors (Lipinski definition) is 3. The molecule has 0 aliphatic carbocycles. The molecule has 0 fully saturated rings. The molecule has 0 saturated carbocycles. The largest absolute Gasteiger partial charge is 0.478 e. The normalized spacial score (nSPS) is 10.7. The molecular formula is C15H10BrN3O6S. The van der Waals surface area contributed by atoms with Crippen LogP contribution in [0.5, 0.6) is 5.75 Å². The second-order valence-corrected chi connectivity index (χ2v) is 7.07. The number of hydrogen-bond acceptors (Lipinski definition) is 7. The highest BCUT2D eigenvalue weighted by molar-refractivity contribution is 9.10. The smallest absolute Gasteiger partial charge is 0.412 e. The van der Waals surface area contributed by atoms with Gasteiger partial charge in [-0.3, -0.25) is 15.0 Å². The molecule has 0 atom stereocenters. The van der Waals surface area contributed by atoms with Crippen molar-refractivity contribution in [2.24, 2.45) is 0 Å². The van der Waals surface area contributed by atoms with Crippen LogP contribution in [0.25, 0.3) is 0 Å². The molecule has 0 aliphatic heterocycles. The topological polar surface area (TPSA) is 127 Å². The fraction of sp³-hybridized carbons (Fsp3) is 0.0667. The number of aromatic nitrogens is 1. The number of carbonyl (C=O) groups excluding carboxylic acids is 1. The standard InChI is InChI=1S/C15H10BrN3O6S/c16-7-1-3-8(4-2-7)25-15(24)17-6-9-5-10(14(22)23)11(26-9)18-19-12(20)13(19)21/h1-5,18H,6H2,(H,17,24)(H,22,23). The number of ether oxygens (including phenoxy) is 1. The van der Waals surface area contributed by atoms with E-state index in [4.69, 9.17) is 4.74 Å². The third-order valence-electron chi connectivity index (χ3n) is 3.20. The van der Waals surface area contributed by atoms with Gasteiger partial charge in [0.05, 0.1) is 12.1 Å². The maximum atomic E-state index is 11.8. The molecule has 26 heavy (non-hydrogen) atoms. The lowest BCUT2D eigenvalue weighted by Crippen LogP contribution is -2.25. The van der Waals surface area contributed by atoms with Crippen molar-refractivity contribution in [1.29, 1.82) is 0 Å². The second-order valence-electron chi connectivity index (χ2n) is 5.02. The molecule has 1 amide bonds. The Hall–Kier alpha value is -2.92. The maximum absolute atomic E-state index is 11.8. The van der Waals surface area contributed by atoms with Gasteiger partial charge in [0, 0.05) is 9.35 Å². The average Bonchev–Trinajstić information content (AvgIpc) is 2.98. The number of nitrogens with one attached hydrogen (secondary N) is 2. The van der Waals surface area contributed by atoms with Crippen molar-refractivity contribution in [3.8, 4) is 5.75 Å². The van der Waals surface area contributed by atoms with E-state index in [0.29, 0.717) is 15.3 Å². The van der Waals surface area contributed by atoms with Crippen LogP contribution in [0, 0.1) is 0 Å². The monoisotopic (exact) mass is 439 g/mol. The number of rotatable bonds is 6. The van der Waals surface area contributed by atoms with E-state index in [-0.39, 0.29) is 17.1 Å². The van der Waals surface area contributed by atoms with Crippen LogP contribution in [0.15, 0.2) is 44.4 Å². The summed E-state index contributed by atoms with van der Waals surface area (Å²) in [5.41, 5.74) is 0.845. The van der Waals surface area contributed by atoms with Crippen LogP contribution in [0.1, 0.15) is 15.2 Å². The molecule has 11 heteroatoms. The number of halogens is 1. The van der Waals surface area contributed by atoms with Crippen molar-refractivity contribution in [2.45, 2.75) is 6.54 Å². The average molecular weight is 440 g/mol. The zero-order valence-corrected chi connectivity index (χ0v) is 15.2. The number of carbonyl (C=O) groups is 2. The van der Waals surface area contributed by atoms with E-state index in [2.05, 4.69) is 26.7 Å². The number of aromatic carboxylic acids is 1. The van der Waals surface area contributed by atoms with Crippen molar-refractivity contribution in [3.63, 3.8) is 0 Å². The van der Waals surface area contributed by atoms with Crippen LogP contribution in [0.4, 0.5) is 9.80 Å². The zero-order valence-electron chi connectivity index (χ0n) is 12.8. The summed E-state index contributed by atoms with van der Waals surface area (Å²) in [5.74, 6) is -0.877. The Morgan fingerprint density at radius 1 is 1.19 bits per heavy atom. The van der Waals surface area contributed by atoms with Crippen LogP contribution in [-0.2, 0) is 6.54 Å². The molecule has 1 aromatic carbocycles. The van der Waals surface area contributed by atoms with E-state index in [9.17, 15) is 24.3 Å². The molecule has 3 N–H and O–H groups in total. The molecule has 0 aliphatic rings. The van der Waals surface area contributed by atoms with Gasteiger partial charge in [-0.05, 0) is 30.3 Å². The molecule has 2 heterocycles. The minimum Gasteiger partial charge on any atom is -0.478 e. The quantitative estimate of drug-likeness (QED) is 0.499. The molecule has 0 unspecified atom stereocenters. The molecule has 9 nitrogen and oxygen atoms in total. The van der Waals surface area contributed by atoms with Crippen molar-refractivity contribution < 1.29 is 19.4 Å². The van der Waals surface area contributed by atoms with Crippen molar-refractivity contribution in [2.75, 3.05) is 5.43 Å². The number of amides is 1. The Morgan fingerprint density at radius 2 is 1.85 bits per heavy atom. The van der Waals surface area contributed by atoms with Crippen LogP contribution in [-0.4, -0.2) is 21.8 Å². The minimum absolute atomic E-state index is 0.0177. The van der Waals surface area contributed by atoms with Gasteiger partial charge in [-0.15, -0.1) is 11.3 Å². The lowest BCUT2D eigenvalue weighted by Gasteiger charge is -2.05. The number of carboxylic acids is 1. The van der Waals surface area contributed by atoms with Gasteiger partial charge in [0.25, 0.3) is 0 Å². The summed E-state index contributed by atoms with van der Waals surface area (Å²) in [6, 6.07) is 7.99. The van der Waals surface area contributed by atoms with Crippen molar-refractivity contribution in [3.05, 3.63) is 66.0 Å². The van der Waals surface area contributed by atoms with Gasteiger partial charge in [0.2, 0.25) is 0 Å². The van der Waals surface area contributed by atoms with Crippen molar-refractivity contribution in [1.82, 2.24) is 9.99 Å². The van der Waals surface area contributed by atoms with Crippen LogP contribution in [0.2, 0.25) is 0 Å². The van der Waals surface area contributed by atoms with Crippen LogP contribution < -0.4 is 26.6 Å². The molecule has 134 valence electrons. The zero-order chi connectivity index (χ0) is 18.8. The molecule has 0 bridgehead atoms. The number of nitrogens with zero attached hydrogens (tertiary/aromatic N) is 1. The summed E-state index contributed by atoms with van der Waals surface area (Å²) < 4.78 is 6.63. The first-order valence-corrected chi connectivity index (χ1v) is 8.68. The Balaban J connectivity index is 1.64. The summed E-state index contributed by atoms with van der Waals surface area (Å²) >= 11 is 4.26. The fourth-order valence-electron chi connectivity index (χ4n) is 1.91. The highest BCUT2D eigenvalue weighted by Gasteiger charge is 2.21. The Bertz CT molecular complexity index is 1020. The third-order valence-corrected chi connectivity index (χ3v) is 4.77. The molecule has 3 rings (SSSR count). The summed E-state index contributed by atoms with van der Waals surface area (Å²) in [5, 5.41) is 11.8. The fourth-order valence-corrected chi connectivity index (χ4v) is 3.15. The number of benzene rings is 1. The molecular weight excluding hydrogens is 430 g/mol. The first kappa shape index (κ1) is 17.9. The first-order chi connectivity index (χ1) is 12.3. The SMILES string of the molecule is O=C(NCc1cc(C(=O)O)c(Nn2c(=O)c2=O)s1)Oc1ccc(Br)cc1. The first-order valence-electron chi connectivity index (χ1n) is 7.07. The number of thiophene rings is 1. The van der Waals surface area contributed by atoms with E-state index in [1.165, 1.54) is 6.07 Å². The van der Waals surface area contributed by atoms with Gasteiger partial charge in [0.15, 0.2) is 0 Å². The van der Waals surface area contributed by atoms with E-state index >= 15 is 0 Å². The van der Waals surface area contributed by atoms with Gasteiger partial charge in [-0.25, -0.2) is 9.59 Å². The summed E-state index contributed by atoms with van der Waals surface area (Å²) in [7, 11) is 0. The Morgan fingerprint density at radius 3 is 2.42 bits per heavy atom. The summed E-state index contributed by atoms with van der Waals surface area (Å²) in [6.45, 7) is 0.0177. The highest BCUT2D eigenvalue weighted by atomic mass is 79.9. The summed E-state index contributed by atoms with van der Waals surface area (Å²) in [4.78, 5) is 45.6. The molecule has 3 aromatic rings. The lowest BCUT2D eigenvalue weighted by molar-refractivity contribution is 0.0698. The lowest BCUT2D eigenvalue weighted by atomic mass is 10.3. The van der Waals surface area contributed by atoms with Gasteiger partial charge < -0.3 is 15.2 Å². The Kier molecular flexibility index (Phi) is 4.91. The van der Waals surface area contributed by atoms with Gasteiger partial charge in [0.1, 0.15) is 10.8 Å². The van der Waals surface area contributed by atoms with Gasteiger partial charge in [-0.1, -0.05) is 15.9 Å². The van der Waals surface area contributed by atoms with Crippen LogP contribution in [0.3, 0.4) is 0 Å². The van der Waals surface area contributed by atoms with E-state index in [1.54, 1.807) is 24.3 Å². The molecule has 0 spiro atoms.